The van der Waals surface area contributed by atoms with Crippen LogP contribution in [0.2, 0.25) is 0 Å². The molecule has 27 heavy (non-hydrogen) atoms. The van der Waals surface area contributed by atoms with E-state index in [1.54, 1.807) is 6.26 Å². The molecule has 6 nitrogen and oxygen atoms in total. The number of ether oxygens (including phenoxy) is 1. The number of aliphatic imine (C=N–C) groups is 1. The van der Waals surface area contributed by atoms with Crippen LogP contribution in [-0.4, -0.2) is 74.3 Å². The molecule has 0 aromatic carbocycles. The van der Waals surface area contributed by atoms with Gasteiger partial charge in [-0.3, -0.25) is 9.89 Å². The SMILES string of the molecule is CCOCCCN=C(NCCc1ccco1)N1CCC(N2CCCC2)C1.I. The summed E-state index contributed by atoms with van der Waals surface area (Å²) in [5.41, 5.74) is 0. The summed E-state index contributed by atoms with van der Waals surface area (Å²) in [4.78, 5) is 9.96. The van der Waals surface area contributed by atoms with Gasteiger partial charge in [0, 0.05) is 51.9 Å². The smallest absolute Gasteiger partial charge is 0.193 e. The van der Waals surface area contributed by atoms with E-state index in [-0.39, 0.29) is 24.0 Å². The Morgan fingerprint density at radius 3 is 2.93 bits per heavy atom. The predicted octanol–water partition coefficient (Wildman–Crippen LogP) is 2.98. The molecule has 2 saturated heterocycles. The lowest BCUT2D eigenvalue weighted by Gasteiger charge is -2.25. The number of hydrogen-bond acceptors (Lipinski definition) is 4. The fraction of sp³-hybridized carbons (Fsp3) is 0.750. The van der Waals surface area contributed by atoms with Crippen LogP contribution in [0.15, 0.2) is 27.8 Å². The van der Waals surface area contributed by atoms with Gasteiger partial charge >= 0.3 is 0 Å². The van der Waals surface area contributed by atoms with Crippen LogP contribution in [0, 0.1) is 0 Å². The first kappa shape index (κ1) is 22.5. The third kappa shape index (κ3) is 7.27. The first-order valence-electron chi connectivity index (χ1n) is 10.2. The molecule has 2 aliphatic rings. The fourth-order valence-corrected chi connectivity index (χ4v) is 3.85. The van der Waals surface area contributed by atoms with E-state index in [4.69, 9.17) is 14.1 Å². The molecule has 1 atom stereocenters. The van der Waals surface area contributed by atoms with Gasteiger partial charge in [0.05, 0.1) is 6.26 Å². The van der Waals surface area contributed by atoms with E-state index in [0.717, 1.165) is 64.0 Å². The Bertz CT molecular complexity index is 532. The van der Waals surface area contributed by atoms with Crippen molar-refractivity contribution in [1.82, 2.24) is 15.1 Å². The molecule has 0 spiro atoms. The molecule has 1 N–H and O–H groups in total. The van der Waals surface area contributed by atoms with Crippen molar-refractivity contribution in [3.63, 3.8) is 0 Å². The summed E-state index contributed by atoms with van der Waals surface area (Å²) in [6.45, 7) is 10.00. The average Bonchev–Trinajstić information content (AvgIpc) is 3.41. The molecule has 0 radical (unpaired) electrons. The molecule has 0 bridgehead atoms. The highest BCUT2D eigenvalue weighted by molar-refractivity contribution is 14.0. The van der Waals surface area contributed by atoms with Gasteiger partial charge in [-0.25, -0.2) is 0 Å². The van der Waals surface area contributed by atoms with E-state index in [1.165, 1.54) is 32.4 Å². The van der Waals surface area contributed by atoms with Crippen molar-refractivity contribution in [3.05, 3.63) is 24.2 Å². The molecular weight excluding hydrogens is 455 g/mol. The minimum absolute atomic E-state index is 0. The van der Waals surface area contributed by atoms with Crippen molar-refractivity contribution in [1.29, 1.82) is 0 Å². The first-order chi connectivity index (χ1) is 12.9. The Morgan fingerprint density at radius 1 is 1.33 bits per heavy atom. The van der Waals surface area contributed by atoms with E-state index >= 15 is 0 Å². The molecule has 0 amide bonds. The topological polar surface area (TPSA) is 53.2 Å². The van der Waals surface area contributed by atoms with Crippen LogP contribution in [-0.2, 0) is 11.2 Å². The lowest BCUT2D eigenvalue weighted by Crippen LogP contribution is -2.43. The molecule has 0 saturated carbocycles. The Balaban J connectivity index is 0.00000261. The molecule has 0 aliphatic carbocycles. The molecule has 1 unspecified atom stereocenters. The number of rotatable bonds is 9. The molecule has 2 aliphatic heterocycles. The van der Waals surface area contributed by atoms with Gasteiger partial charge in [-0.05, 0) is 57.8 Å². The van der Waals surface area contributed by atoms with E-state index in [2.05, 4.69) is 15.1 Å². The molecule has 1 aromatic rings. The van der Waals surface area contributed by atoms with Gasteiger partial charge in [0.15, 0.2) is 5.96 Å². The van der Waals surface area contributed by atoms with Gasteiger partial charge in [-0.1, -0.05) is 0 Å². The zero-order valence-corrected chi connectivity index (χ0v) is 18.9. The fourth-order valence-electron chi connectivity index (χ4n) is 3.85. The van der Waals surface area contributed by atoms with Gasteiger partial charge in [0.1, 0.15) is 5.76 Å². The van der Waals surface area contributed by atoms with Crippen LogP contribution in [0.4, 0.5) is 0 Å². The second kappa shape index (κ2) is 12.6. The Hall–Kier alpha value is -0.800. The van der Waals surface area contributed by atoms with E-state index < -0.39 is 0 Å². The Labute approximate surface area is 180 Å². The largest absolute Gasteiger partial charge is 0.469 e. The summed E-state index contributed by atoms with van der Waals surface area (Å²) in [7, 11) is 0. The van der Waals surface area contributed by atoms with Crippen molar-refractivity contribution in [2.75, 3.05) is 52.5 Å². The normalized spacial score (nSPS) is 20.9. The summed E-state index contributed by atoms with van der Waals surface area (Å²) in [6, 6.07) is 4.66. The second-order valence-corrected chi connectivity index (χ2v) is 7.14. The van der Waals surface area contributed by atoms with Gasteiger partial charge in [0.2, 0.25) is 0 Å². The Morgan fingerprint density at radius 2 is 2.19 bits per heavy atom. The minimum atomic E-state index is 0. The van der Waals surface area contributed by atoms with Gasteiger partial charge in [-0.2, -0.15) is 0 Å². The predicted molar refractivity (Wildman–Crippen MR) is 120 cm³/mol. The Kier molecular flexibility index (Phi) is 10.5. The number of hydrogen-bond donors (Lipinski definition) is 1. The van der Waals surface area contributed by atoms with Crippen molar-refractivity contribution in [2.24, 2.45) is 4.99 Å². The number of guanidine groups is 1. The molecule has 3 heterocycles. The number of nitrogens with one attached hydrogen (secondary N) is 1. The van der Waals surface area contributed by atoms with Crippen molar-refractivity contribution in [3.8, 4) is 0 Å². The first-order valence-corrected chi connectivity index (χ1v) is 10.2. The van der Waals surface area contributed by atoms with Crippen LogP contribution >= 0.6 is 24.0 Å². The maximum atomic E-state index is 5.43. The molecule has 2 fully saturated rings. The number of nitrogens with zero attached hydrogens (tertiary/aromatic N) is 3. The molecule has 3 rings (SSSR count). The van der Waals surface area contributed by atoms with E-state index in [0.29, 0.717) is 6.04 Å². The molecule has 154 valence electrons. The lowest BCUT2D eigenvalue weighted by molar-refractivity contribution is 0.146. The van der Waals surface area contributed by atoms with E-state index in [1.807, 2.05) is 19.1 Å². The average molecular weight is 490 g/mol. The van der Waals surface area contributed by atoms with Crippen molar-refractivity contribution < 1.29 is 9.15 Å². The summed E-state index contributed by atoms with van der Waals surface area (Å²) in [5.74, 6) is 2.07. The van der Waals surface area contributed by atoms with Crippen LogP contribution in [0.5, 0.6) is 0 Å². The summed E-state index contributed by atoms with van der Waals surface area (Å²) in [6.07, 6.45) is 7.55. The van der Waals surface area contributed by atoms with Crippen LogP contribution in [0.1, 0.15) is 38.4 Å². The second-order valence-electron chi connectivity index (χ2n) is 7.14. The van der Waals surface area contributed by atoms with E-state index in [9.17, 15) is 0 Å². The zero-order valence-electron chi connectivity index (χ0n) is 16.6. The quantitative estimate of drug-likeness (QED) is 0.250. The zero-order chi connectivity index (χ0) is 18.0. The monoisotopic (exact) mass is 490 g/mol. The highest BCUT2D eigenvalue weighted by Gasteiger charge is 2.30. The van der Waals surface area contributed by atoms with Crippen molar-refractivity contribution >= 4 is 29.9 Å². The van der Waals surface area contributed by atoms with Gasteiger partial charge in [0.25, 0.3) is 0 Å². The summed E-state index contributed by atoms with van der Waals surface area (Å²) < 4.78 is 10.9. The molecule has 1 aromatic heterocycles. The third-order valence-corrected chi connectivity index (χ3v) is 5.27. The number of halogens is 1. The highest BCUT2D eigenvalue weighted by atomic mass is 127. The third-order valence-electron chi connectivity index (χ3n) is 5.27. The van der Waals surface area contributed by atoms with Gasteiger partial charge < -0.3 is 19.4 Å². The van der Waals surface area contributed by atoms with Crippen molar-refractivity contribution in [2.45, 2.75) is 45.1 Å². The maximum absolute atomic E-state index is 5.43. The standard InChI is InChI=1S/C20H34N4O2.HI/c1-2-25-15-6-10-21-20(22-11-8-19-7-5-16-26-19)24-14-9-18(17-24)23-12-3-4-13-23;/h5,7,16,18H,2-4,6,8-15,17H2,1H3,(H,21,22);1H. The highest BCUT2D eigenvalue weighted by Crippen LogP contribution is 2.20. The number of likely N-dealkylation sites (tertiary alicyclic amines) is 2. The van der Waals surface area contributed by atoms with Crippen LogP contribution in [0.3, 0.4) is 0 Å². The minimum Gasteiger partial charge on any atom is -0.469 e. The lowest BCUT2D eigenvalue weighted by atomic mass is 10.2. The summed E-state index contributed by atoms with van der Waals surface area (Å²) >= 11 is 0. The molecule has 7 heteroatoms. The van der Waals surface area contributed by atoms with Crippen LogP contribution in [0.25, 0.3) is 0 Å². The van der Waals surface area contributed by atoms with Crippen LogP contribution < -0.4 is 5.32 Å². The maximum Gasteiger partial charge on any atom is 0.193 e. The molecular formula is C20H35IN4O2. The summed E-state index contributed by atoms with van der Waals surface area (Å²) in [5, 5.41) is 3.56. The van der Waals surface area contributed by atoms with Gasteiger partial charge in [-0.15, -0.1) is 24.0 Å². The number of furan rings is 1.